The van der Waals surface area contributed by atoms with Crippen molar-refractivity contribution in [3.63, 3.8) is 0 Å². The number of halogens is 4. The summed E-state index contributed by atoms with van der Waals surface area (Å²) in [7, 11) is -3.67. The molecule has 0 aromatic heterocycles. The number of hydrogen-bond acceptors (Lipinski definition) is 4. The molecule has 0 fully saturated rings. The third-order valence-electron chi connectivity index (χ3n) is 2.21. The zero-order valence-corrected chi connectivity index (χ0v) is 11.9. The number of carboxylic acids is 1. The summed E-state index contributed by atoms with van der Waals surface area (Å²) in [5.41, 5.74) is -0.586. The Hall–Kier alpha value is -1.52. The molecule has 0 heterocycles. The largest absolute Gasteiger partial charge is 0.494 e. The monoisotopic (exact) mass is 347 g/mol. The Bertz CT molecular complexity index is 659. The van der Waals surface area contributed by atoms with Crippen molar-refractivity contribution in [3.05, 3.63) is 22.7 Å². The summed E-state index contributed by atoms with van der Waals surface area (Å²) in [5, 5.41) is 8.66. The second-order valence-corrected chi connectivity index (χ2v) is 5.90. The topological polar surface area (TPSA) is 92.7 Å². The van der Waals surface area contributed by atoms with E-state index in [9.17, 15) is 26.4 Å². The highest BCUT2D eigenvalue weighted by molar-refractivity contribution is 7.89. The number of benzene rings is 1. The molecule has 1 rings (SSSR count). The molecule has 11 heteroatoms. The highest BCUT2D eigenvalue weighted by atomic mass is 35.5. The summed E-state index contributed by atoms with van der Waals surface area (Å²) >= 11 is 5.59. The summed E-state index contributed by atoms with van der Waals surface area (Å²) in [5.74, 6) is -2.15. The molecule has 2 N–H and O–H groups in total. The summed E-state index contributed by atoms with van der Waals surface area (Å²) in [6.07, 6.45) is -4.77. The van der Waals surface area contributed by atoms with Crippen molar-refractivity contribution in [3.8, 4) is 5.75 Å². The molecule has 118 valence electrons. The maximum absolute atomic E-state index is 12.1. The van der Waals surface area contributed by atoms with Gasteiger partial charge in [0.25, 0.3) is 0 Å². The van der Waals surface area contributed by atoms with Crippen LogP contribution in [-0.2, 0) is 10.0 Å². The van der Waals surface area contributed by atoms with Gasteiger partial charge >= 0.3 is 12.1 Å². The number of carbonyl (C=O) groups is 1. The van der Waals surface area contributed by atoms with Gasteiger partial charge in [-0.15, -0.1) is 0 Å². The van der Waals surface area contributed by atoms with Gasteiger partial charge in [0, 0.05) is 5.02 Å². The minimum absolute atomic E-state index is 0.277. The van der Waals surface area contributed by atoms with Crippen LogP contribution in [0, 0.1) is 0 Å². The van der Waals surface area contributed by atoms with Gasteiger partial charge in [0.15, 0.2) is 5.75 Å². The molecule has 0 atom stereocenters. The van der Waals surface area contributed by atoms with E-state index in [1.807, 2.05) is 0 Å². The summed E-state index contributed by atoms with van der Waals surface area (Å²) in [6.45, 7) is -1.81. The second-order valence-electron chi connectivity index (χ2n) is 3.73. The van der Waals surface area contributed by atoms with Crippen LogP contribution in [0.25, 0.3) is 0 Å². The lowest BCUT2D eigenvalue weighted by molar-refractivity contribution is -0.121. The molecular weight excluding hydrogens is 339 g/mol. The molecule has 0 bridgehead atoms. The Kier molecular flexibility index (Phi) is 5.07. The Balaban J connectivity index is 3.38. The number of ether oxygens (including phenoxy) is 1. The first-order valence-corrected chi connectivity index (χ1v) is 7.01. The molecule has 0 amide bonds. The fourth-order valence-corrected chi connectivity index (χ4v) is 2.90. The molecule has 1 aromatic rings. The highest BCUT2D eigenvalue weighted by Gasteiger charge is 2.32. The minimum atomic E-state index is -4.77. The molecule has 0 aliphatic heterocycles. The number of aromatic carboxylic acids is 1. The van der Waals surface area contributed by atoms with E-state index in [0.29, 0.717) is 0 Å². The standard InChI is InChI=1S/C10H9ClF3NO5S/c1-20-8-6(9(16)17)2-5(11)3-7(8)21(18,19)15-4-10(12,13)14/h2-3,15H,4H2,1H3,(H,16,17). The van der Waals surface area contributed by atoms with E-state index >= 15 is 0 Å². The van der Waals surface area contributed by atoms with Gasteiger partial charge in [-0.1, -0.05) is 11.6 Å². The number of carboxylic acid groups (broad SMARTS) is 1. The molecule has 21 heavy (non-hydrogen) atoms. The van der Waals surface area contributed by atoms with Gasteiger partial charge in [-0.2, -0.15) is 13.2 Å². The molecule has 0 aliphatic rings. The van der Waals surface area contributed by atoms with Crippen molar-refractivity contribution >= 4 is 27.6 Å². The average molecular weight is 348 g/mol. The molecule has 0 unspecified atom stereocenters. The highest BCUT2D eigenvalue weighted by Crippen LogP contribution is 2.32. The first kappa shape index (κ1) is 17.5. The maximum Gasteiger partial charge on any atom is 0.402 e. The van der Waals surface area contributed by atoms with Crippen molar-refractivity contribution in [2.24, 2.45) is 0 Å². The zero-order valence-electron chi connectivity index (χ0n) is 10.4. The van der Waals surface area contributed by atoms with Gasteiger partial charge in [0.1, 0.15) is 17.0 Å². The van der Waals surface area contributed by atoms with Crippen molar-refractivity contribution in [1.82, 2.24) is 4.72 Å². The first-order valence-electron chi connectivity index (χ1n) is 5.15. The normalized spacial score (nSPS) is 12.2. The summed E-state index contributed by atoms with van der Waals surface area (Å²) in [4.78, 5) is 10.2. The Morgan fingerprint density at radius 3 is 2.43 bits per heavy atom. The van der Waals surface area contributed by atoms with Crippen molar-refractivity contribution in [1.29, 1.82) is 0 Å². The first-order chi connectivity index (χ1) is 9.48. The van der Waals surface area contributed by atoms with E-state index in [4.69, 9.17) is 16.7 Å². The Morgan fingerprint density at radius 2 is 2.00 bits per heavy atom. The van der Waals surface area contributed by atoms with Crippen LogP contribution in [0.1, 0.15) is 10.4 Å². The zero-order chi connectivity index (χ0) is 16.4. The molecule has 0 aliphatic carbocycles. The van der Waals surface area contributed by atoms with Gasteiger partial charge in [-0.25, -0.2) is 17.9 Å². The summed E-state index contributed by atoms with van der Waals surface area (Å²) < 4.78 is 65.9. The fourth-order valence-electron chi connectivity index (χ4n) is 1.39. The molecular formula is C10H9ClF3NO5S. The second kappa shape index (κ2) is 6.08. The number of nitrogens with one attached hydrogen (secondary N) is 1. The van der Waals surface area contributed by atoms with Gasteiger partial charge in [-0.05, 0) is 12.1 Å². The smallest absolute Gasteiger partial charge is 0.402 e. The lowest BCUT2D eigenvalue weighted by Gasteiger charge is -2.14. The molecule has 6 nitrogen and oxygen atoms in total. The van der Waals surface area contributed by atoms with E-state index < -0.39 is 44.9 Å². The molecule has 0 spiro atoms. The van der Waals surface area contributed by atoms with Crippen LogP contribution in [0.5, 0.6) is 5.75 Å². The van der Waals surface area contributed by atoms with E-state index in [-0.39, 0.29) is 5.02 Å². The van der Waals surface area contributed by atoms with E-state index in [1.54, 1.807) is 0 Å². The number of sulfonamides is 1. The number of methoxy groups -OCH3 is 1. The third kappa shape index (κ3) is 4.48. The fraction of sp³-hybridized carbons (Fsp3) is 0.300. The molecule has 0 saturated carbocycles. The van der Waals surface area contributed by atoms with Crippen molar-refractivity contribution in [2.75, 3.05) is 13.7 Å². The SMILES string of the molecule is COc1c(C(=O)O)cc(Cl)cc1S(=O)(=O)NCC(F)(F)F. The third-order valence-corrected chi connectivity index (χ3v) is 3.83. The quantitative estimate of drug-likeness (QED) is 0.848. The van der Waals surface area contributed by atoms with E-state index in [1.165, 1.54) is 4.72 Å². The van der Waals surface area contributed by atoms with Crippen LogP contribution in [0.15, 0.2) is 17.0 Å². The van der Waals surface area contributed by atoms with Crippen LogP contribution < -0.4 is 9.46 Å². The van der Waals surface area contributed by atoms with E-state index in [2.05, 4.69) is 4.74 Å². The lowest BCUT2D eigenvalue weighted by Crippen LogP contribution is -2.34. The maximum atomic E-state index is 12.1. The van der Waals surface area contributed by atoms with Crippen LogP contribution in [0.3, 0.4) is 0 Å². The minimum Gasteiger partial charge on any atom is -0.494 e. The lowest BCUT2D eigenvalue weighted by atomic mass is 10.2. The van der Waals surface area contributed by atoms with Crippen LogP contribution in [-0.4, -0.2) is 39.3 Å². The van der Waals surface area contributed by atoms with Crippen molar-refractivity contribution < 1.29 is 36.2 Å². The van der Waals surface area contributed by atoms with E-state index in [0.717, 1.165) is 19.2 Å². The Labute approximate surface area is 122 Å². The molecule has 1 aromatic carbocycles. The Morgan fingerprint density at radius 1 is 1.43 bits per heavy atom. The number of hydrogen-bond donors (Lipinski definition) is 2. The van der Waals surface area contributed by atoms with Gasteiger partial charge in [0.2, 0.25) is 10.0 Å². The molecule has 0 saturated heterocycles. The molecule has 0 radical (unpaired) electrons. The number of alkyl halides is 3. The summed E-state index contributed by atoms with van der Waals surface area (Å²) in [6, 6.07) is 1.72. The predicted octanol–water partition coefficient (Wildman–Crippen LogP) is 1.89. The van der Waals surface area contributed by atoms with Gasteiger partial charge in [-0.3, -0.25) is 0 Å². The van der Waals surface area contributed by atoms with Crippen LogP contribution in [0.4, 0.5) is 13.2 Å². The predicted molar refractivity (Wildman–Crippen MR) is 66.2 cm³/mol. The van der Waals surface area contributed by atoms with Gasteiger partial charge < -0.3 is 9.84 Å². The van der Waals surface area contributed by atoms with Crippen molar-refractivity contribution in [2.45, 2.75) is 11.1 Å². The average Bonchev–Trinajstić information content (AvgIpc) is 2.34. The number of rotatable bonds is 5. The van der Waals surface area contributed by atoms with Gasteiger partial charge in [0.05, 0.1) is 7.11 Å². The van der Waals surface area contributed by atoms with Crippen LogP contribution in [0.2, 0.25) is 5.02 Å². The van der Waals surface area contributed by atoms with Crippen LogP contribution >= 0.6 is 11.6 Å².